The van der Waals surface area contributed by atoms with Gasteiger partial charge in [0.25, 0.3) is 0 Å². The molecule has 0 aromatic carbocycles. The van der Waals surface area contributed by atoms with E-state index in [1.165, 1.54) is 12.8 Å². The lowest BCUT2D eigenvalue weighted by molar-refractivity contribution is 0.666. The van der Waals surface area contributed by atoms with Crippen LogP contribution in [-0.4, -0.2) is 31.3 Å². The predicted octanol–water partition coefficient (Wildman–Crippen LogP) is 2.45. The first kappa shape index (κ1) is 11.7. The van der Waals surface area contributed by atoms with Gasteiger partial charge in [-0.15, -0.1) is 10.2 Å². The van der Waals surface area contributed by atoms with E-state index in [1.807, 2.05) is 4.57 Å². The molecule has 0 saturated carbocycles. The molecule has 2 aromatic heterocycles. The summed E-state index contributed by atoms with van der Waals surface area (Å²) in [6.45, 7) is 3.88. The van der Waals surface area contributed by atoms with Gasteiger partial charge < -0.3 is 4.98 Å². The fourth-order valence-electron chi connectivity index (χ4n) is 2.26. The van der Waals surface area contributed by atoms with Gasteiger partial charge in [-0.3, -0.25) is 9.47 Å². The smallest absolute Gasteiger partial charge is 0.233 e. The predicted molar refractivity (Wildman–Crippen MR) is 71.9 cm³/mol. The van der Waals surface area contributed by atoms with Gasteiger partial charge in [-0.2, -0.15) is 0 Å². The molecule has 6 nitrogen and oxygen atoms in total. The Morgan fingerprint density at radius 1 is 1.44 bits per heavy atom. The second kappa shape index (κ2) is 4.72. The molecule has 0 aliphatic carbocycles. The summed E-state index contributed by atoms with van der Waals surface area (Å²) in [6.07, 6.45) is 5.32. The van der Waals surface area contributed by atoms with Gasteiger partial charge in [0.1, 0.15) is 6.33 Å². The maximum Gasteiger partial charge on any atom is 0.233 e. The molecule has 0 unspecified atom stereocenters. The van der Waals surface area contributed by atoms with Gasteiger partial charge >= 0.3 is 0 Å². The summed E-state index contributed by atoms with van der Waals surface area (Å²) in [5.74, 6) is 1.86. The van der Waals surface area contributed by atoms with Crippen LogP contribution in [-0.2, 0) is 6.54 Å². The van der Waals surface area contributed by atoms with Crippen molar-refractivity contribution < 1.29 is 0 Å². The van der Waals surface area contributed by atoms with Gasteiger partial charge in [0.2, 0.25) is 5.95 Å². The van der Waals surface area contributed by atoms with Crippen LogP contribution in [0.4, 0.5) is 11.8 Å². The van der Waals surface area contributed by atoms with E-state index >= 15 is 0 Å². The van der Waals surface area contributed by atoms with Crippen molar-refractivity contribution in [2.24, 2.45) is 0 Å². The van der Waals surface area contributed by atoms with Gasteiger partial charge in [-0.25, -0.2) is 4.98 Å². The van der Waals surface area contributed by atoms with Crippen LogP contribution < -0.4 is 4.90 Å². The molecule has 1 aliphatic rings. The number of hydrogen-bond acceptors (Lipinski definition) is 4. The third-order valence-electron chi connectivity index (χ3n) is 3.13. The molecule has 0 amide bonds. The summed E-state index contributed by atoms with van der Waals surface area (Å²) in [4.78, 5) is 9.87. The van der Waals surface area contributed by atoms with E-state index in [1.54, 1.807) is 6.33 Å². The molecule has 96 valence electrons. The van der Waals surface area contributed by atoms with Crippen molar-refractivity contribution in [1.29, 1.82) is 0 Å². The molecule has 1 N–H and O–H groups in total. The van der Waals surface area contributed by atoms with Crippen molar-refractivity contribution in [3.05, 3.63) is 16.8 Å². The zero-order chi connectivity index (χ0) is 12.5. The minimum absolute atomic E-state index is 0.751. The Hall–Kier alpha value is -1.37. The maximum atomic E-state index is 4.50. The quantitative estimate of drug-likeness (QED) is 0.881. The fraction of sp³-hybridized carbons (Fsp3) is 0.545. The zero-order valence-electron chi connectivity index (χ0n) is 10.2. The van der Waals surface area contributed by atoms with Crippen LogP contribution >= 0.6 is 15.9 Å². The summed E-state index contributed by atoms with van der Waals surface area (Å²) in [7, 11) is 0. The molecule has 0 radical (unpaired) electrons. The van der Waals surface area contributed by atoms with Crippen LogP contribution in [0.25, 0.3) is 0 Å². The van der Waals surface area contributed by atoms with Crippen LogP contribution in [0.15, 0.2) is 11.1 Å². The van der Waals surface area contributed by atoms with Crippen LogP contribution in [0.2, 0.25) is 0 Å². The van der Waals surface area contributed by atoms with Crippen LogP contribution in [0.5, 0.6) is 0 Å². The van der Waals surface area contributed by atoms with Crippen molar-refractivity contribution in [3.63, 3.8) is 0 Å². The van der Waals surface area contributed by atoms with Gasteiger partial charge in [0.15, 0.2) is 10.6 Å². The molecule has 7 heteroatoms. The van der Waals surface area contributed by atoms with Gasteiger partial charge in [-0.1, -0.05) is 19.8 Å². The van der Waals surface area contributed by atoms with E-state index in [0.29, 0.717) is 0 Å². The molecule has 3 heterocycles. The molecule has 0 atom stereocenters. The largest absolute Gasteiger partial charge is 0.333 e. The normalized spacial score (nSPS) is 13.6. The Labute approximate surface area is 114 Å². The Morgan fingerprint density at radius 3 is 3.17 bits per heavy atom. The second-order valence-corrected chi connectivity index (χ2v) is 5.20. The minimum Gasteiger partial charge on any atom is -0.333 e. The highest BCUT2D eigenvalue weighted by Crippen LogP contribution is 2.32. The van der Waals surface area contributed by atoms with E-state index in [4.69, 9.17) is 0 Å². The summed E-state index contributed by atoms with van der Waals surface area (Å²) in [5, 5.41) is 8.18. The molecule has 2 aromatic rings. The Morgan fingerprint density at radius 2 is 2.33 bits per heavy atom. The average Bonchev–Trinajstić information content (AvgIpc) is 2.93. The Kier molecular flexibility index (Phi) is 3.07. The fourth-order valence-corrected chi connectivity index (χ4v) is 2.67. The lowest BCUT2D eigenvalue weighted by Crippen LogP contribution is -2.27. The van der Waals surface area contributed by atoms with E-state index in [-0.39, 0.29) is 0 Å². The van der Waals surface area contributed by atoms with Crippen LogP contribution in [0.3, 0.4) is 0 Å². The van der Waals surface area contributed by atoms with Crippen molar-refractivity contribution in [1.82, 2.24) is 24.7 Å². The first-order chi connectivity index (χ1) is 8.79. The summed E-state index contributed by atoms with van der Waals surface area (Å²) < 4.78 is 2.81. The number of rotatable bonds is 4. The van der Waals surface area contributed by atoms with E-state index in [2.05, 4.69) is 47.9 Å². The minimum atomic E-state index is 0.751. The molecular formula is C11H15BrN6. The number of unbranched alkanes of at least 4 members (excludes halogenated alkanes) is 2. The number of anilines is 2. The van der Waals surface area contributed by atoms with Crippen LogP contribution in [0, 0.1) is 0 Å². The maximum absolute atomic E-state index is 4.50. The van der Waals surface area contributed by atoms with Gasteiger partial charge in [0.05, 0.1) is 12.2 Å². The third kappa shape index (κ3) is 1.92. The zero-order valence-corrected chi connectivity index (χ0v) is 11.8. The first-order valence-corrected chi connectivity index (χ1v) is 6.98. The molecule has 0 bridgehead atoms. The van der Waals surface area contributed by atoms with Crippen molar-refractivity contribution in [3.8, 4) is 0 Å². The van der Waals surface area contributed by atoms with Gasteiger partial charge in [-0.05, 0) is 22.4 Å². The molecular weight excluding hydrogens is 296 g/mol. The molecule has 0 saturated heterocycles. The Bertz CT molecular complexity index is 545. The summed E-state index contributed by atoms with van der Waals surface area (Å²) >= 11 is 3.40. The highest BCUT2D eigenvalue weighted by atomic mass is 79.9. The molecule has 3 rings (SSSR count). The molecule has 18 heavy (non-hydrogen) atoms. The standard InChI is InChI=1S/C11H15BrN6/c1-2-3-4-5-18-9-8(14-10(12)15-9)6-17-7-13-16-11(17)18/h7H,2-6H2,1H3,(H,14,15). The summed E-state index contributed by atoms with van der Waals surface area (Å²) in [6, 6.07) is 0. The highest BCUT2D eigenvalue weighted by molar-refractivity contribution is 9.10. The molecule has 0 spiro atoms. The van der Waals surface area contributed by atoms with Crippen molar-refractivity contribution in [2.75, 3.05) is 11.4 Å². The highest BCUT2D eigenvalue weighted by Gasteiger charge is 2.27. The number of aromatic amines is 1. The third-order valence-corrected chi connectivity index (χ3v) is 3.51. The number of nitrogens with zero attached hydrogens (tertiary/aromatic N) is 5. The number of H-pyrrole nitrogens is 1. The number of nitrogens with one attached hydrogen (secondary N) is 1. The molecule has 0 fully saturated rings. The number of imidazole rings is 1. The lowest BCUT2D eigenvalue weighted by atomic mass is 10.2. The van der Waals surface area contributed by atoms with E-state index in [9.17, 15) is 0 Å². The summed E-state index contributed by atoms with van der Waals surface area (Å²) in [5.41, 5.74) is 1.10. The average molecular weight is 311 g/mol. The van der Waals surface area contributed by atoms with E-state index < -0.39 is 0 Å². The monoisotopic (exact) mass is 310 g/mol. The number of halogens is 1. The van der Waals surface area contributed by atoms with Crippen molar-refractivity contribution >= 4 is 27.7 Å². The van der Waals surface area contributed by atoms with Crippen LogP contribution in [0.1, 0.15) is 31.9 Å². The first-order valence-electron chi connectivity index (χ1n) is 6.19. The van der Waals surface area contributed by atoms with E-state index in [0.717, 1.165) is 41.7 Å². The SMILES string of the molecule is CCCCCN1c2nc(Br)[nH]c2Cn2cnnc21. The Balaban J connectivity index is 1.92. The number of fused-ring (bicyclic) bond motifs is 2. The molecule has 1 aliphatic heterocycles. The van der Waals surface area contributed by atoms with Crippen molar-refractivity contribution in [2.45, 2.75) is 32.7 Å². The number of aromatic nitrogens is 5. The lowest BCUT2D eigenvalue weighted by Gasteiger charge is -2.26. The topological polar surface area (TPSA) is 62.6 Å². The second-order valence-electron chi connectivity index (χ2n) is 4.45. The van der Waals surface area contributed by atoms with Gasteiger partial charge in [0, 0.05) is 6.54 Å². The number of hydrogen-bond donors (Lipinski definition) is 1.